The van der Waals surface area contributed by atoms with Crippen LogP contribution in [0.25, 0.3) is 0 Å². The molecule has 1 fully saturated rings. The second-order valence-corrected chi connectivity index (χ2v) is 4.97. The Morgan fingerprint density at radius 2 is 2.26 bits per heavy atom. The summed E-state index contributed by atoms with van der Waals surface area (Å²) in [5.74, 6) is -1.46. The largest absolute Gasteiger partial charge is 0.490 e. The van der Waals surface area contributed by atoms with E-state index in [-0.39, 0.29) is 36.6 Å². The number of carboxylic acids is 1. The fourth-order valence-electron chi connectivity index (χ4n) is 2.42. The van der Waals surface area contributed by atoms with Gasteiger partial charge in [-0.2, -0.15) is 0 Å². The number of carboxylic acid groups (broad SMARTS) is 1. The maximum atomic E-state index is 12.6. The molecule has 0 bridgehead atoms. The van der Waals surface area contributed by atoms with E-state index in [9.17, 15) is 19.7 Å². The van der Waals surface area contributed by atoms with Crippen molar-refractivity contribution in [2.75, 3.05) is 26.9 Å². The zero-order valence-electron chi connectivity index (χ0n) is 12.4. The van der Waals surface area contributed by atoms with E-state index < -0.39 is 22.8 Å². The van der Waals surface area contributed by atoms with Gasteiger partial charge < -0.3 is 19.5 Å². The molecule has 1 saturated heterocycles. The first-order chi connectivity index (χ1) is 10.9. The van der Waals surface area contributed by atoms with Gasteiger partial charge in [0, 0.05) is 24.2 Å². The van der Waals surface area contributed by atoms with E-state index in [0.29, 0.717) is 6.61 Å². The highest BCUT2D eigenvalue weighted by Crippen LogP contribution is 2.28. The zero-order chi connectivity index (χ0) is 17.0. The number of nitro groups is 1. The van der Waals surface area contributed by atoms with E-state index in [4.69, 9.17) is 14.6 Å². The molecule has 124 valence electrons. The maximum absolute atomic E-state index is 12.6. The number of hydrogen-bond donors (Lipinski definition) is 1. The van der Waals surface area contributed by atoms with Crippen molar-refractivity contribution in [3.05, 3.63) is 33.9 Å². The molecule has 1 aliphatic rings. The fourth-order valence-corrected chi connectivity index (χ4v) is 2.42. The number of nitro benzene ring substituents is 1. The third-order valence-corrected chi connectivity index (χ3v) is 3.52. The molecule has 1 unspecified atom stereocenters. The van der Waals surface area contributed by atoms with Crippen molar-refractivity contribution in [1.29, 1.82) is 0 Å². The standard InChI is InChI=1S/C14H16N2O7/c1-22-12-6-9(2-3-11(12)16(20)21)14(19)15-4-5-23-8-10(15)7-13(17)18/h2-3,6,10H,4-5,7-8H2,1H3,(H,17,18). The normalized spacial score (nSPS) is 17.6. The van der Waals surface area contributed by atoms with Crippen molar-refractivity contribution in [2.45, 2.75) is 12.5 Å². The van der Waals surface area contributed by atoms with Crippen LogP contribution in [0.5, 0.6) is 5.75 Å². The molecule has 0 spiro atoms. The minimum Gasteiger partial charge on any atom is -0.490 e. The van der Waals surface area contributed by atoms with E-state index in [2.05, 4.69) is 0 Å². The molecule has 0 saturated carbocycles. The summed E-state index contributed by atoms with van der Waals surface area (Å²) in [6.45, 7) is 0.713. The number of benzene rings is 1. The minimum atomic E-state index is -1.03. The Bertz CT molecular complexity index is 632. The lowest BCUT2D eigenvalue weighted by atomic mass is 10.1. The highest BCUT2D eigenvalue weighted by atomic mass is 16.6. The second-order valence-electron chi connectivity index (χ2n) is 4.97. The van der Waals surface area contributed by atoms with Gasteiger partial charge in [-0.05, 0) is 6.07 Å². The number of carbonyl (C=O) groups is 2. The molecule has 2 rings (SSSR count). The van der Waals surface area contributed by atoms with Gasteiger partial charge in [0.1, 0.15) is 0 Å². The molecular formula is C14H16N2O7. The molecule has 0 radical (unpaired) electrons. The number of morpholine rings is 1. The van der Waals surface area contributed by atoms with Crippen LogP contribution in [0.3, 0.4) is 0 Å². The Morgan fingerprint density at radius 1 is 1.52 bits per heavy atom. The molecule has 1 heterocycles. The summed E-state index contributed by atoms with van der Waals surface area (Å²) < 4.78 is 10.2. The van der Waals surface area contributed by atoms with E-state index in [1.165, 1.54) is 30.2 Å². The number of nitrogens with zero attached hydrogens (tertiary/aromatic N) is 2. The third kappa shape index (κ3) is 3.75. The van der Waals surface area contributed by atoms with Crippen LogP contribution in [-0.4, -0.2) is 59.7 Å². The number of methoxy groups -OCH3 is 1. The predicted octanol–water partition coefficient (Wildman–Crippen LogP) is 0.919. The molecule has 1 N–H and O–H groups in total. The first-order valence-corrected chi connectivity index (χ1v) is 6.87. The molecular weight excluding hydrogens is 308 g/mol. The molecule has 0 aromatic heterocycles. The van der Waals surface area contributed by atoms with Gasteiger partial charge in [-0.15, -0.1) is 0 Å². The van der Waals surface area contributed by atoms with Crippen LogP contribution >= 0.6 is 0 Å². The molecule has 9 nitrogen and oxygen atoms in total. The van der Waals surface area contributed by atoms with Gasteiger partial charge in [0.15, 0.2) is 5.75 Å². The molecule has 23 heavy (non-hydrogen) atoms. The van der Waals surface area contributed by atoms with Gasteiger partial charge in [0.25, 0.3) is 5.91 Å². The van der Waals surface area contributed by atoms with Gasteiger partial charge in [-0.3, -0.25) is 19.7 Å². The van der Waals surface area contributed by atoms with Gasteiger partial charge in [-0.1, -0.05) is 0 Å². The summed E-state index contributed by atoms with van der Waals surface area (Å²) in [6.07, 6.45) is -0.226. The Kier molecular flexibility index (Phi) is 5.12. The Labute approximate surface area is 131 Å². The first kappa shape index (κ1) is 16.7. The average Bonchev–Trinajstić information content (AvgIpc) is 2.53. The SMILES string of the molecule is COc1cc(C(=O)N2CCOCC2CC(=O)O)ccc1[N+](=O)[O-]. The molecule has 1 aromatic carbocycles. The molecule has 9 heteroatoms. The molecule has 1 atom stereocenters. The Hall–Kier alpha value is -2.68. The van der Waals surface area contributed by atoms with Crippen LogP contribution in [0.1, 0.15) is 16.8 Å². The molecule has 0 aliphatic carbocycles. The topological polar surface area (TPSA) is 119 Å². The van der Waals surface area contributed by atoms with Crippen LogP contribution in [-0.2, 0) is 9.53 Å². The predicted molar refractivity (Wildman–Crippen MR) is 77.5 cm³/mol. The van der Waals surface area contributed by atoms with Crippen LogP contribution < -0.4 is 4.74 Å². The summed E-state index contributed by atoms with van der Waals surface area (Å²) in [5, 5.41) is 19.8. The van der Waals surface area contributed by atoms with Crippen LogP contribution in [0.2, 0.25) is 0 Å². The highest BCUT2D eigenvalue weighted by molar-refractivity contribution is 5.95. The number of carbonyl (C=O) groups excluding carboxylic acids is 1. The summed E-state index contributed by atoms with van der Waals surface area (Å²) in [6, 6.07) is 3.23. The van der Waals surface area contributed by atoms with Crippen LogP contribution in [0.15, 0.2) is 18.2 Å². The second kappa shape index (κ2) is 7.05. The van der Waals surface area contributed by atoms with Gasteiger partial charge in [0.2, 0.25) is 0 Å². The Morgan fingerprint density at radius 3 is 2.87 bits per heavy atom. The first-order valence-electron chi connectivity index (χ1n) is 6.87. The highest BCUT2D eigenvalue weighted by Gasteiger charge is 2.30. The van der Waals surface area contributed by atoms with E-state index in [1.54, 1.807) is 0 Å². The van der Waals surface area contributed by atoms with Crippen molar-refractivity contribution in [1.82, 2.24) is 4.90 Å². The van der Waals surface area contributed by atoms with E-state index in [1.807, 2.05) is 0 Å². The lowest BCUT2D eigenvalue weighted by Gasteiger charge is -2.34. The fraction of sp³-hybridized carbons (Fsp3) is 0.429. The van der Waals surface area contributed by atoms with E-state index >= 15 is 0 Å². The zero-order valence-corrected chi connectivity index (χ0v) is 12.4. The number of rotatable bonds is 5. The number of ether oxygens (including phenoxy) is 2. The average molecular weight is 324 g/mol. The van der Waals surface area contributed by atoms with Gasteiger partial charge in [0.05, 0.1) is 37.7 Å². The van der Waals surface area contributed by atoms with Gasteiger partial charge >= 0.3 is 11.7 Å². The third-order valence-electron chi connectivity index (χ3n) is 3.52. The summed E-state index contributed by atoms with van der Waals surface area (Å²) in [7, 11) is 1.28. The van der Waals surface area contributed by atoms with Crippen LogP contribution in [0, 0.1) is 10.1 Å². The maximum Gasteiger partial charge on any atom is 0.310 e. The van der Waals surface area contributed by atoms with Crippen LogP contribution in [0.4, 0.5) is 5.69 Å². The van der Waals surface area contributed by atoms with Crippen molar-refractivity contribution in [3.8, 4) is 5.75 Å². The van der Waals surface area contributed by atoms with Crippen molar-refractivity contribution < 1.29 is 29.1 Å². The number of aliphatic carboxylic acids is 1. The summed E-state index contributed by atoms with van der Waals surface area (Å²) in [4.78, 5) is 35.2. The lowest BCUT2D eigenvalue weighted by molar-refractivity contribution is -0.385. The molecule has 1 aromatic rings. The van der Waals surface area contributed by atoms with Crippen molar-refractivity contribution in [3.63, 3.8) is 0 Å². The number of hydrogen-bond acceptors (Lipinski definition) is 6. The number of amides is 1. The monoisotopic (exact) mass is 324 g/mol. The Balaban J connectivity index is 2.27. The summed E-state index contributed by atoms with van der Waals surface area (Å²) in [5.41, 5.74) is -0.0437. The lowest BCUT2D eigenvalue weighted by Crippen LogP contribution is -2.49. The quantitative estimate of drug-likeness (QED) is 0.631. The van der Waals surface area contributed by atoms with E-state index in [0.717, 1.165) is 0 Å². The minimum absolute atomic E-state index is 0.0242. The smallest absolute Gasteiger partial charge is 0.310 e. The van der Waals surface area contributed by atoms with Gasteiger partial charge in [-0.25, -0.2) is 0 Å². The van der Waals surface area contributed by atoms with Crippen molar-refractivity contribution >= 4 is 17.6 Å². The molecule has 1 aliphatic heterocycles. The summed E-state index contributed by atoms with van der Waals surface area (Å²) >= 11 is 0. The molecule has 1 amide bonds. The van der Waals surface area contributed by atoms with Crippen molar-refractivity contribution in [2.24, 2.45) is 0 Å².